The molecule has 12 heteroatoms. The van der Waals surface area contributed by atoms with Gasteiger partial charge in [0.1, 0.15) is 6.04 Å². The molecule has 230 valence electrons. The van der Waals surface area contributed by atoms with Crippen LogP contribution in [-0.2, 0) is 27.3 Å². The first-order valence-corrected chi connectivity index (χ1v) is 15.0. The molecular weight excluding hydrogens is 550 g/mol. The fraction of sp³-hybridized carbons (Fsp3) is 0.484. The summed E-state index contributed by atoms with van der Waals surface area (Å²) in [6.07, 6.45) is 5.78. The smallest absolute Gasteiger partial charge is 0.326 e. The quantitative estimate of drug-likeness (QED) is 0.362. The maximum atomic E-state index is 13.2. The van der Waals surface area contributed by atoms with E-state index in [2.05, 4.69) is 25.9 Å². The Labute approximate surface area is 250 Å². The lowest BCUT2D eigenvalue weighted by molar-refractivity contribution is -0.131. The minimum atomic E-state index is -0.689. The molecule has 1 aliphatic rings. The van der Waals surface area contributed by atoms with Crippen molar-refractivity contribution in [2.45, 2.75) is 65.0 Å². The Morgan fingerprint density at radius 1 is 1.02 bits per heavy atom. The number of hydrogen-bond donors (Lipinski definition) is 4. The van der Waals surface area contributed by atoms with Crippen molar-refractivity contribution in [3.63, 3.8) is 0 Å². The summed E-state index contributed by atoms with van der Waals surface area (Å²) >= 11 is 0. The minimum Gasteiger partial charge on any atom is -0.354 e. The number of rotatable bonds is 4. The second-order valence-electron chi connectivity index (χ2n) is 11.0. The van der Waals surface area contributed by atoms with Gasteiger partial charge >= 0.3 is 5.69 Å². The summed E-state index contributed by atoms with van der Waals surface area (Å²) < 4.78 is 1.56. The lowest BCUT2D eigenvalue weighted by atomic mass is 9.98. The SMILES string of the molecule is CC[C@H](C)[C@@H]1NC(=O)CCCN(C(=O)Cc2cccnc2)CCCNC(=O)c2ccc3[nH]c(=O)n(c3c2)CCCNC1=O. The highest BCUT2D eigenvalue weighted by Gasteiger charge is 2.26. The van der Waals surface area contributed by atoms with E-state index in [-0.39, 0.29) is 48.1 Å². The highest BCUT2D eigenvalue weighted by atomic mass is 16.2. The number of aryl methyl sites for hydroxylation is 1. The second kappa shape index (κ2) is 15.1. The van der Waals surface area contributed by atoms with E-state index in [1.54, 1.807) is 46.1 Å². The lowest BCUT2D eigenvalue weighted by Gasteiger charge is -2.25. The van der Waals surface area contributed by atoms with Crippen LogP contribution in [0.3, 0.4) is 0 Å². The molecule has 43 heavy (non-hydrogen) atoms. The van der Waals surface area contributed by atoms with Gasteiger partial charge in [-0.2, -0.15) is 0 Å². The highest BCUT2D eigenvalue weighted by Crippen LogP contribution is 2.14. The van der Waals surface area contributed by atoms with E-state index in [4.69, 9.17) is 0 Å². The molecule has 0 fully saturated rings. The molecule has 2 atom stereocenters. The van der Waals surface area contributed by atoms with Crippen LogP contribution in [0, 0.1) is 5.92 Å². The zero-order valence-corrected chi connectivity index (χ0v) is 24.9. The van der Waals surface area contributed by atoms with Crippen LogP contribution < -0.4 is 21.6 Å². The number of nitrogens with zero attached hydrogens (tertiary/aromatic N) is 3. The number of aromatic nitrogens is 3. The Bertz CT molecular complexity index is 1480. The van der Waals surface area contributed by atoms with Crippen molar-refractivity contribution in [1.82, 2.24) is 35.4 Å². The third-order valence-corrected chi connectivity index (χ3v) is 7.86. The maximum absolute atomic E-state index is 13.2. The zero-order valence-electron chi connectivity index (χ0n) is 24.9. The third-order valence-electron chi connectivity index (χ3n) is 7.86. The van der Waals surface area contributed by atoms with Crippen molar-refractivity contribution < 1.29 is 19.2 Å². The fourth-order valence-corrected chi connectivity index (χ4v) is 5.18. The van der Waals surface area contributed by atoms with Crippen molar-refractivity contribution in [2.24, 2.45) is 5.92 Å². The van der Waals surface area contributed by atoms with Crippen molar-refractivity contribution in [1.29, 1.82) is 0 Å². The number of fused-ring (bicyclic) bond motifs is 1. The molecular formula is C31H41N7O5. The number of carbonyl (C=O) groups is 4. The zero-order chi connectivity index (χ0) is 30.8. The molecule has 3 heterocycles. The van der Waals surface area contributed by atoms with Crippen LogP contribution in [0.1, 0.15) is 61.9 Å². The summed E-state index contributed by atoms with van der Waals surface area (Å²) in [6, 6.07) is 7.98. The van der Waals surface area contributed by atoms with E-state index in [1.165, 1.54) is 0 Å². The maximum Gasteiger partial charge on any atom is 0.326 e. The van der Waals surface area contributed by atoms with E-state index in [9.17, 15) is 24.0 Å². The van der Waals surface area contributed by atoms with Crippen LogP contribution in [0.25, 0.3) is 11.0 Å². The van der Waals surface area contributed by atoms with Crippen LogP contribution in [-0.4, -0.2) is 75.3 Å². The standard InChI is InChI=1S/C31H41N7O5/c1-3-21(2)28-30(42)34-14-7-17-38-25-19-23(10-11-24(25)35-31(38)43)29(41)33-13-6-16-37(15-5-9-26(39)36-28)27(40)18-22-8-4-12-32-20-22/h4,8,10-12,19-21,28H,3,5-7,9,13-18H2,1-2H3,(H,33,41)(H,34,42)(H,35,43)(H,36,39)/t21-,28-/m0/s1. The van der Waals surface area contributed by atoms with Crippen molar-refractivity contribution in [3.8, 4) is 0 Å². The Morgan fingerprint density at radius 2 is 1.79 bits per heavy atom. The Morgan fingerprint density at radius 3 is 2.56 bits per heavy atom. The van der Waals surface area contributed by atoms with E-state index < -0.39 is 6.04 Å². The summed E-state index contributed by atoms with van der Waals surface area (Å²) in [5, 5.41) is 8.70. The molecule has 3 aromatic rings. The predicted molar refractivity (Wildman–Crippen MR) is 162 cm³/mol. The van der Waals surface area contributed by atoms with Crippen LogP contribution >= 0.6 is 0 Å². The predicted octanol–water partition coefficient (Wildman–Crippen LogP) is 1.75. The molecule has 0 unspecified atom stereocenters. The summed E-state index contributed by atoms with van der Waals surface area (Å²) in [5.41, 5.74) is 2.14. The van der Waals surface area contributed by atoms with Crippen LogP contribution in [0.15, 0.2) is 47.5 Å². The molecule has 4 N–H and O–H groups in total. The first-order valence-electron chi connectivity index (χ1n) is 15.0. The van der Waals surface area contributed by atoms with Crippen LogP contribution in [0.5, 0.6) is 0 Å². The van der Waals surface area contributed by atoms with E-state index >= 15 is 0 Å². The Hall–Kier alpha value is -4.48. The third kappa shape index (κ3) is 8.52. The summed E-state index contributed by atoms with van der Waals surface area (Å²) in [5.74, 6) is -0.971. The molecule has 0 radical (unpaired) electrons. The van der Waals surface area contributed by atoms with Crippen LogP contribution in [0.2, 0.25) is 0 Å². The molecule has 0 saturated carbocycles. The van der Waals surface area contributed by atoms with Gasteiger partial charge in [-0.1, -0.05) is 26.3 Å². The number of aromatic amines is 1. The van der Waals surface area contributed by atoms with E-state index in [0.717, 1.165) is 5.56 Å². The van der Waals surface area contributed by atoms with Gasteiger partial charge in [0.05, 0.1) is 17.5 Å². The monoisotopic (exact) mass is 591 g/mol. The van der Waals surface area contributed by atoms with E-state index in [1.807, 2.05) is 19.9 Å². The number of imidazole rings is 1. The highest BCUT2D eigenvalue weighted by molar-refractivity contribution is 5.97. The molecule has 0 saturated heterocycles. The van der Waals surface area contributed by atoms with Crippen LogP contribution in [0.4, 0.5) is 0 Å². The van der Waals surface area contributed by atoms with Gasteiger partial charge in [-0.3, -0.25) is 28.7 Å². The first-order chi connectivity index (χ1) is 20.8. The number of nitrogens with one attached hydrogen (secondary N) is 4. The molecule has 1 aliphatic heterocycles. The van der Waals surface area contributed by atoms with Gasteiger partial charge in [-0.05, 0) is 55.0 Å². The topological polar surface area (TPSA) is 158 Å². The second-order valence-corrected chi connectivity index (χ2v) is 11.0. The van der Waals surface area contributed by atoms with Crippen molar-refractivity contribution >= 4 is 34.7 Å². The molecule has 1 aromatic carbocycles. The largest absolute Gasteiger partial charge is 0.354 e. The lowest BCUT2D eigenvalue weighted by Crippen LogP contribution is -2.50. The summed E-state index contributed by atoms with van der Waals surface area (Å²) in [7, 11) is 0. The van der Waals surface area contributed by atoms with Gasteiger partial charge in [0.2, 0.25) is 17.7 Å². The molecule has 0 spiro atoms. The Kier molecular flexibility index (Phi) is 11.1. The van der Waals surface area contributed by atoms with Crippen molar-refractivity contribution in [3.05, 3.63) is 64.3 Å². The van der Waals surface area contributed by atoms with Gasteiger partial charge in [0, 0.05) is 57.1 Å². The van der Waals surface area contributed by atoms with E-state index in [0.29, 0.717) is 75.0 Å². The fourth-order valence-electron chi connectivity index (χ4n) is 5.18. The molecule has 0 aliphatic carbocycles. The number of carbonyl (C=O) groups excluding carboxylic acids is 4. The van der Waals surface area contributed by atoms with Gasteiger partial charge in [0.25, 0.3) is 5.91 Å². The number of hydrogen-bond acceptors (Lipinski definition) is 6. The van der Waals surface area contributed by atoms with Gasteiger partial charge in [-0.25, -0.2) is 4.79 Å². The number of benzene rings is 1. The molecule has 2 aromatic heterocycles. The number of H-pyrrole nitrogens is 1. The average Bonchev–Trinajstić information content (AvgIpc) is 3.32. The minimum absolute atomic E-state index is 0.0807. The first kappa shape index (κ1) is 31.5. The molecule has 4 rings (SSSR count). The van der Waals surface area contributed by atoms with Gasteiger partial charge < -0.3 is 25.8 Å². The number of pyridine rings is 1. The van der Waals surface area contributed by atoms with Gasteiger partial charge in [0.15, 0.2) is 0 Å². The molecule has 4 amide bonds. The normalized spacial score (nSPS) is 18.8. The molecule has 12 nitrogen and oxygen atoms in total. The number of amides is 4. The average molecular weight is 592 g/mol. The summed E-state index contributed by atoms with van der Waals surface area (Å²) in [4.78, 5) is 73.3. The van der Waals surface area contributed by atoms with Crippen molar-refractivity contribution in [2.75, 3.05) is 26.2 Å². The Balaban J connectivity index is 1.53. The van der Waals surface area contributed by atoms with Gasteiger partial charge in [-0.15, -0.1) is 0 Å². The molecule has 2 bridgehead atoms. The summed E-state index contributed by atoms with van der Waals surface area (Å²) in [6.45, 7) is 5.65.